The predicted molar refractivity (Wildman–Crippen MR) is 91.5 cm³/mol. The lowest BCUT2D eigenvalue weighted by molar-refractivity contribution is -0.138. The van der Waals surface area contributed by atoms with Crippen LogP contribution in [-0.2, 0) is 9.53 Å². The molecule has 23 heavy (non-hydrogen) atoms. The fraction of sp³-hybridized carbons (Fsp3) is 0.667. The Hall–Kier alpha value is -1.80. The molecule has 130 valence electrons. The molecule has 0 heterocycles. The van der Waals surface area contributed by atoms with Crippen LogP contribution < -0.4 is 0 Å². The third-order valence-corrected chi connectivity index (χ3v) is 3.42. The van der Waals surface area contributed by atoms with Gasteiger partial charge in [0.05, 0.1) is 13.2 Å². The Balaban J connectivity index is 4.13. The van der Waals surface area contributed by atoms with Crippen LogP contribution in [0.3, 0.4) is 0 Å². The molecule has 0 unspecified atom stereocenters. The zero-order valence-electron chi connectivity index (χ0n) is 14.5. The van der Waals surface area contributed by atoms with Crippen molar-refractivity contribution in [2.45, 2.75) is 52.4 Å². The van der Waals surface area contributed by atoms with Gasteiger partial charge in [0.25, 0.3) is 0 Å². The van der Waals surface area contributed by atoms with Crippen LogP contribution in [-0.4, -0.2) is 42.3 Å². The summed E-state index contributed by atoms with van der Waals surface area (Å²) in [6.45, 7) is 5.83. The largest absolute Gasteiger partial charge is 0.462 e. The molecule has 5 heteroatoms. The van der Waals surface area contributed by atoms with Gasteiger partial charge in [0, 0.05) is 13.1 Å². The summed E-state index contributed by atoms with van der Waals surface area (Å²) in [5, 5.41) is 17.9. The molecule has 1 N–H and O–H groups in total. The van der Waals surface area contributed by atoms with Crippen molar-refractivity contribution in [3.8, 4) is 6.07 Å². The molecule has 0 aliphatic heterocycles. The molecule has 0 fully saturated rings. The lowest BCUT2D eigenvalue weighted by Crippen LogP contribution is -2.20. The minimum atomic E-state index is -0.573. The zero-order valence-corrected chi connectivity index (χ0v) is 14.5. The van der Waals surface area contributed by atoms with Gasteiger partial charge in [0.1, 0.15) is 11.6 Å². The number of nitrogens with zero attached hydrogens (tertiary/aromatic N) is 2. The second-order valence-electron chi connectivity index (χ2n) is 5.29. The highest BCUT2D eigenvalue weighted by Gasteiger charge is 2.09. The number of aliphatic hydroxyl groups is 1. The number of hydrogen-bond acceptors (Lipinski definition) is 5. The maximum atomic E-state index is 11.8. The molecule has 0 amide bonds. The second kappa shape index (κ2) is 15.1. The van der Waals surface area contributed by atoms with E-state index in [4.69, 9.17) is 15.1 Å². The average Bonchev–Trinajstić information content (AvgIpc) is 2.56. The molecule has 0 aromatic rings. The number of likely N-dealkylation sites (N-methyl/N-ethyl adjacent to an activating group) is 1. The molecule has 0 aromatic heterocycles. The van der Waals surface area contributed by atoms with Crippen molar-refractivity contribution in [2.24, 2.45) is 0 Å². The van der Waals surface area contributed by atoms with E-state index < -0.39 is 5.97 Å². The summed E-state index contributed by atoms with van der Waals surface area (Å²) in [6.07, 6.45) is 11.6. The molecule has 0 radical (unpaired) electrons. The van der Waals surface area contributed by atoms with Crippen LogP contribution in [0, 0.1) is 11.3 Å². The van der Waals surface area contributed by atoms with Gasteiger partial charge in [-0.05, 0) is 31.7 Å². The fourth-order valence-electron chi connectivity index (χ4n) is 2.00. The molecule has 0 aromatic carbocycles. The predicted octanol–water partition coefficient (Wildman–Crippen LogP) is 3.17. The van der Waals surface area contributed by atoms with Gasteiger partial charge in [-0.25, -0.2) is 4.79 Å². The first-order chi connectivity index (χ1) is 11.2. The molecule has 0 aliphatic carbocycles. The second-order valence-corrected chi connectivity index (χ2v) is 5.29. The van der Waals surface area contributed by atoms with Crippen LogP contribution in [0.4, 0.5) is 0 Å². The first-order valence-corrected chi connectivity index (χ1v) is 8.50. The number of esters is 1. The lowest BCUT2D eigenvalue weighted by atomic mass is 10.1. The zero-order chi connectivity index (χ0) is 17.3. The number of hydrogen-bond donors (Lipinski definition) is 1. The third kappa shape index (κ3) is 11.4. The number of rotatable bonds is 13. The SMILES string of the molecule is CCCCCCCCOC(=O)/C(C#N)=C\C=C\N(CC)CCO. The Bertz CT molecular complexity index is 411. The van der Waals surface area contributed by atoms with Crippen LogP contribution in [0.25, 0.3) is 0 Å². The van der Waals surface area contributed by atoms with E-state index in [2.05, 4.69) is 6.92 Å². The van der Waals surface area contributed by atoms with Crippen molar-refractivity contribution in [3.63, 3.8) is 0 Å². The topological polar surface area (TPSA) is 73.6 Å². The summed E-state index contributed by atoms with van der Waals surface area (Å²) in [5.74, 6) is -0.573. The Morgan fingerprint density at radius 2 is 1.91 bits per heavy atom. The highest BCUT2D eigenvalue weighted by molar-refractivity contribution is 5.93. The molecule has 0 saturated heterocycles. The molecular weight excluding hydrogens is 292 g/mol. The van der Waals surface area contributed by atoms with Gasteiger partial charge in [0.15, 0.2) is 0 Å². The smallest absolute Gasteiger partial charge is 0.348 e. The molecule has 0 atom stereocenters. The van der Waals surface area contributed by atoms with Crippen molar-refractivity contribution in [1.29, 1.82) is 5.26 Å². The van der Waals surface area contributed by atoms with Crippen LogP contribution in [0.2, 0.25) is 0 Å². The minimum absolute atomic E-state index is 0.00714. The standard InChI is InChI=1S/C18H30N2O3/c1-3-5-6-7-8-9-15-23-18(22)17(16-19)11-10-12-20(4-2)13-14-21/h10-12,21H,3-9,13-15H2,1-2H3/b12-10+,17-11-. The van der Waals surface area contributed by atoms with Crippen LogP contribution >= 0.6 is 0 Å². The quantitative estimate of drug-likeness (QED) is 0.185. The lowest BCUT2D eigenvalue weighted by Gasteiger charge is -2.15. The Labute approximate surface area is 140 Å². The van der Waals surface area contributed by atoms with Crippen molar-refractivity contribution in [1.82, 2.24) is 4.90 Å². The fourth-order valence-corrected chi connectivity index (χ4v) is 2.00. The van der Waals surface area contributed by atoms with Crippen molar-refractivity contribution in [3.05, 3.63) is 23.9 Å². The maximum absolute atomic E-state index is 11.8. The van der Waals surface area contributed by atoms with Gasteiger partial charge in [-0.15, -0.1) is 0 Å². The minimum Gasteiger partial charge on any atom is -0.462 e. The normalized spacial score (nSPS) is 11.5. The van der Waals surface area contributed by atoms with E-state index in [1.807, 2.05) is 17.9 Å². The summed E-state index contributed by atoms with van der Waals surface area (Å²) in [6, 6.07) is 1.86. The van der Waals surface area contributed by atoms with Gasteiger partial charge in [0.2, 0.25) is 0 Å². The molecular formula is C18H30N2O3. The van der Waals surface area contributed by atoms with Crippen molar-refractivity contribution in [2.75, 3.05) is 26.3 Å². The highest BCUT2D eigenvalue weighted by Crippen LogP contribution is 2.06. The molecule has 0 aliphatic rings. The van der Waals surface area contributed by atoms with Gasteiger partial charge in [-0.2, -0.15) is 5.26 Å². The Morgan fingerprint density at radius 1 is 1.22 bits per heavy atom. The van der Waals surface area contributed by atoms with E-state index in [9.17, 15) is 4.79 Å². The van der Waals surface area contributed by atoms with Gasteiger partial charge >= 0.3 is 5.97 Å². The Kier molecular flexibility index (Phi) is 13.9. The maximum Gasteiger partial charge on any atom is 0.348 e. The van der Waals surface area contributed by atoms with E-state index in [0.717, 1.165) is 25.8 Å². The van der Waals surface area contributed by atoms with E-state index in [1.165, 1.54) is 25.3 Å². The number of ether oxygens (including phenoxy) is 1. The van der Waals surface area contributed by atoms with E-state index in [-0.39, 0.29) is 12.2 Å². The van der Waals surface area contributed by atoms with Gasteiger partial charge in [-0.1, -0.05) is 39.0 Å². The summed E-state index contributed by atoms with van der Waals surface area (Å²) < 4.78 is 5.12. The molecule has 0 rings (SSSR count). The average molecular weight is 322 g/mol. The van der Waals surface area contributed by atoms with Crippen LogP contribution in [0.5, 0.6) is 0 Å². The number of unbranched alkanes of at least 4 members (excludes halogenated alkanes) is 5. The highest BCUT2D eigenvalue weighted by atomic mass is 16.5. The number of carbonyl (C=O) groups excluding carboxylic acids is 1. The first kappa shape index (κ1) is 21.2. The van der Waals surface area contributed by atoms with E-state index >= 15 is 0 Å². The number of aliphatic hydroxyl groups excluding tert-OH is 1. The number of allylic oxidation sites excluding steroid dienone is 2. The van der Waals surface area contributed by atoms with Crippen LogP contribution in [0.15, 0.2) is 23.9 Å². The summed E-state index contributed by atoms with van der Waals surface area (Å²) in [4.78, 5) is 13.7. The van der Waals surface area contributed by atoms with Gasteiger partial charge in [-0.3, -0.25) is 0 Å². The summed E-state index contributed by atoms with van der Waals surface area (Å²) in [5.41, 5.74) is -0.00714. The summed E-state index contributed by atoms with van der Waals surface area (Å²) >= 11 is 0. The number of carbonyl (C=O) groups is 1. The molecule has 0 bridgehead atoms. The van der Waals surface area contributed by atoms with Crippen molar-refractivity contribution >= 4 is 5.97 Å². The van der Waals surface area contributed by atoms with E-state index in [1.54, 1.807) is 12.3 Å². The monoisotopic (exact) mass is 322 g/mol. The summed E-state index contributed by atoms with van der Waals surface area (Å²) in [7, 11) is 0. The molecule has 0 saturated carbocycles. The molecule has 5 nitrogen and oxygen atoms in total. The third-order valence-electron chi connectivity index (χ3n) is 3.42. The number of nitriles is 1. The van der Waals surface area contributed by atoms with Crippen LogP contribution in [0.1, 0.15) is 52.4 Å². The Morgan fingerprint density at radius 3 is 2.52 bits per heavy atom. The van der Waals surface area contributed by atoms with Gasteiger partial charge < -0.3 is 14.7 Å². The van der Waals surface area contributed by atoms with E-state index in [0.29, 0.717) is 13.2 Å². The van der Waals surface area contributed by atoms with Crippen molar-refractivity contribution < 1.29 is 14.6 Å². The first-order valence-electron chi connectivity index (χ1n) is 8.50. The molecule has 0 spiro atoms.